The Morgan fingerprint density at radius 3 is 2.57 bits per heavy atom. The van der Waals surface area contributed by atoms with Crippen molar-refractivity contribution >= 4 is 22.6 Å². The van der Waals surface area contributed by atoms with E-state index in [2.05, 4.69) is 6.58 Å². The molecule has 5 heteroatoms. The SMILES string of the molecule is C=C1C(I)=CC(C)=CN1CC(F)(F)F. The van der Waals surface area contributed by atoms with Gasteiger partial charge in [0.15, 0.2) is 0 Å². The summed E-state index contributed by atoms with van der Waals surface area (Å²) in [6.45, 7) is 4.38. The smallest absolute Gasteiger partial charge is 0.338 e. The van der Waals surface area contributed by atoms with E-state index in [9.17, 15) is 13.2 Å². The van der Waals surface area contributed by atoms with E-state index in [0.29, 0.717) is 5.70 Å². The van der Waals surface area contributed by atoms with Gasteiger partial charge >= 0.3 is 6.18 Å². The zero-order valence-corrected chi connectivity index (χ0v) is 9.69. The maximum atomic E-state index is 12.1. The number of hydrogen-bond acceptors (Lipinski definition) is 1. The van der Waals surface area contributed by atoms with E-state index in [0.717, 1.165) is 14.1 Å². The van der Waals surface area contributed by atoms with Crippen LogP contribution in [0.1, 0.15) is 6.92 Å². The summed E-state index contributed by atoms with van der Waals surface area (Å²) in [6.07, 6.45) is -0.943. The summed E-state index contributed by atoms with van der Waals surface area (Å²) in [5.41, 5.74) is 1.19. The lowest BCUT2D eigenvalue weighted by atomic mass is 10.2. The summed E-state index contributed by atoms with van der Waals surface area (Å²) in [7, 11) is 0. The van der Waals surface area contributed by atoms with Crippen molar-refractivity contribution in [2.24, 2.45) is 0 Å². The fraction of sp³-hybridized carbons (Fsp3) is 0.333. The molecular weight excluding hydrogens is 306 g/mol. The molecule has 0 N–H and O–H groups in total. The van der Waals surface area contributed by atoms with Gasteiger partial charge in [-0.15, -0.1) is 0 Å². The largest absolute Gasteiger partial charge is 0.406 e. The molecule has 0 aliphatic carbocycles. The molecule has 1 heterocycles. The van der Waals surface area contributed by atoms with Gasteiger partial charge in [-0.05, 0) is 41.2 Å². The molecule has 0 amide bonds. The average molecular weight is 315 g/mol. The van der Waals surface area contributed by atoms with E-state index in [1.165, 1.54) is 6.20 Å². The van der Waals surface area contributed by atoms with Crippen molar-refractivity contribution in [1.82, 2.24) is 4.90 Å². The Morgan fingerprint density at radius 2 is 2.07 bits per heavy atom. The highest BCUT2D eigenvalue weighted by Gasteiger charge is 2.31. The van der Waals surface area contributed by atoms with Crippen molar-refractivity contribution < 1.29 is 13.2 Å². The first kappa shape index (κ1) is 11.6. The Kier molecular flexibility index (Phi) is 3.28. The maximum Gasteiger partial charge on any atom is 0.406 e. The first-order valence-electron chi connectivity index (χ1n) is 3.88. The molecule has 14 heavy (non-hydrogen) atoms. The lowest BCUT2D eigenvalue weighted by Gasteiger charge is -2.27. The van der Waals surface area contributed by atoms with Crippen LogP contribution in [-0.2, 0) is 0 Å². The van der Waals surface area contributed by atoms with Crippen molar-refractivity contribution in [3.8, 4) is 0 Å². The summed E-state index contributed by atoms with van der Waals surface area (Å²) in [6, 6.07) is 0. The molecule has 1 rings (SSSR count). The maximum absolute atomic E-state index is 12.1. The Labute approximate surface area is 94.1 Å². The minimum Gasteiger partial charge on any atom is -0.338 e. The van der Waals surface area contributed by atoms with Crippen molar-refractivity contribution in [1.29, 1.82) is 0 Å². The Bertz CT molecular complexity index is 315. The van der Waals surface area contributed by atoms with Crippen LogP contribution >= 0.6 is 22.6 Å². The first-order valence-corrected chi connectivity index (χ1v) is 4.96. The van der Waals surface area contributed by atoms with Gasteiger partial charge in [0.05, 0.1) is 0 Å². The van der Waals surface area contributed by atoms with Gasteiger partial charge in [-0.25, -0.2) is 0 Å². The second kappa shape index (κ2) is 3.96. The molecule has 0 saturated carbocycles. The molecule has 1 aliphatic heterocycles. The van der Waals surface area contributed by atoms with Crippen molar-refractivity contribution in [3.05, 3.63) is 33.7 Å². The highest BCUT2D eigenvalue weighted by atomic mass is 127. The second-order valence-electron chi connectivity index (χ2n) is 3.06. The summed E-state index contributed by atoms with van der Waals surface area (Å²) in [4.78, 5) is 1.12. The molecule has 0 bridgehead atoms. The average Bonchev–Trinajstić information content (AvgIpc) is 1.96. The highest BCUT2D eigenvalue weighted by molar-refractivity contribution is 14.1. The molecule has 0 fully saturated rings. The lowest BCUT2D eigenvalue weighted by molar-refractivity contribution is -0.136. The second-order valence-corrected chi connectivity index (χ2v) is 4.22. The van der Waals surface area contributed by atoms with Crippen LogP contribution in [0.2, 0.25) is 0 Å². The van der Waals surface area contributed by atoms with Gasteiger partial charge in [-0.2, -0.15) is 13.2 Å². The topological polar surface area (TPSA) is 3.24 Å². The number of hydrogen-bond donors (Lipinski definition) is 0. The van der Waals surface area contributed by atoms with Gasteiger partial charge < -0.3 is 4.90 Å². The summed E-state index contributed by atoms with van der Waals surface area (Å²) in [5, 5.41) is 0. The minimum atomic E-state index is -4.20. The first-order chi connectivity index (χ1) is 6.29. The fourth-order valence-electron chi connectivity index (χ4n) is 1.12. The standard InChI is InChI=1S/C9H9F3IN/c1-6-3-8(13)7(2)14(4-6)5-9(10,11)12/h3-4H,2,5H2,1H3. The van der Waals surface area contributed by atoms with Crippen LogP contribution in [0.3, 0.4) is 0 Å². The Balaban J connectivity index is 2.82. The summed E-state index contributed by atoms with van der Waals surface area (Å²) in [5.74, 6) is 0. The Morgan fingerprint density at radius 1 is 1.50 bits per heavy atom. The normalized spacial score (nSPS) is 18.1. The van der Waals surface area contributed by atoms with E-state index in [4.69, 9.17) is 0 Å². The molecular formula is C9H9F3IN. The van der Waals surface area contributed by atoms with E-state index >= 15 is 0 Å². The fourth-order valence-corrected chi connectivity index (χ4v) is 1.92. The van der Waals surface area contributed by atoms with E-state index in [1.54, 1.807) is 13.0 Å². The van der Waals surface area contributed by atoms with Crippen LogP contribution in [0.5, 0.6) is 0 Å². The van der Waals surface area contributed by atoms with Crippen LogP contribution in [-0.4, -0.2) is 17.6 Å². The molecule has 0 aromatic carbocycles. The molecule has 0 saturated heterocycles. The predicted molar refractivity (Wildman–Crippen MR) is 57.8 cm³/mol. The zero-order chi connectivity index (χ0) is 10.9. The molecule has 0 spiro atoms. The number of rotatable bonds is 1. The third kappa shape index (κ3) is 3.04. The van der Waals surface area contributed by atoms with Gasteiger partial charge in [0.2, 0.25) is 0 Å². The number of allylic oxidation sites excluding steroid dienone is 3. The molecule has 0 aromatic heterocycles. The molecule has 1 nitrogen and oxygen atoms in total. The van der Waals surface area contributed by atoms with Gasteiger partial charge in [0.1, 0.15) is 6.54 Å². The summed E-state index contributed by atoms with van der Waals surface area (Å²) < 4.78 is 37.1. The predicted octanol–water partition coefficient (Wildman–Crippen LogP) is 3.60. The van der Waals surface area contributed by atoms with Gasteiger partial charge in [-0.1, -0.05) is 6.58 Å². The Hall–Kier alpha value is -0.460. The van der Waals surface area contributed by atoms with Gasteiger partial charge in [0.25, 0.3) is 0 Å². The molecule has 1 aliphatic rings. The van der Waals surface area contributed by atoms with Crippen molar-refractivity contribution in [3.63, 3.8) is 0 Å². The van der Waals surface area contributed by atoms with Crippen LogP contribution < -0.4 is 0 Å². The van der Waals surface area contributed by atoms with E-state index < -0.39 is 12.7 Å². The minimum absolute atomic E-state index is 0.397. The van der Waals surface area contributed by atoms with Crippen molar-refractivity contribution in [2.75, 3.05) is 6.54 Å². The number of nitrogens with zero attached hydrogens (tertiary/aromatic N) is 1. The molecule has 0 radical (unpaired) electrons. The molecule has 0 atom stereocenters. The third-order valence-electron chi connectivity index (χ3n) is 1.69. The zero-order valence-electron chi connectivity index (χ0n) is 7.53. The molecule has 0 unspecified atom stereocenters. The lowest BCUT2D eigenvalue weighted by Crippen LogP contribution is -2.30. The van der Waals surface area contributed by atoms with E-state index in [1.807, 2.05) is 22.6 Å². The summed E-state index contributed by atoms with van der Waals surface area (Å²) >= 11 is 1.98. The van der Waals surface area contributed by atoms with Crippen LogP contribution in [0, 0.1) is 0 Å². The van der Waals surface area contributed by atoms with Crippen LogP contribution in [0.4, 0.5) is 13.2 Å². The van der Waals surface area contributed by atoms with E-state index in [-0.39, 0.29) is 0 Å². The van der Waals surface area contributed by atoms with Crippen LogP contribution in [0.15, 0.2) is 33.7 Å². The van der Waals surface area contributed by atoms with Crippen LogP contribution in [0.25, 0.3) is 0 Å². The van der Waals surface area contributed by atoms with Gasteiger partial charge in [-0.3, -0.25) is 0 Å². The number of alkyl halides is 3. The quantitative estimate of drug-likeness (QED) is 0.668. The van der Waals surface area contributed by atoms with Crippen molar-refractivity contribution in [2.45, 2.75) is 13.1 Å². The monoisotopic (exact) mass is 315 g/mol. The highest BCUT2D eigenvalue weighted by Crippen LogP contribution is 2.30. The number of halogens is 4. The third-order valence-corrected chi connectivity index (χ3v) is 2.62. The van der Waals surface area contributed by atoms with Gasteiger partial charge in [0, 0.05) is 15.5 Å². The molecule has 0 aromatic rings. The molecule has 78 valence electrons.